The monoisotopic (exact) mass is 397 g/mol. The number of hydrogen-bond donors (Lipinski definition) is 1. The second kappa shape index (κ2) is 8.00. The van der Waals surface area contributed by atoms with Crippen molar-refractivity contribution in [1.82, 2.24) is 0 Å². The zero-order valence-corrected chi connectivity index (χ0v) is 16.3. The molecule has 5 heteroatoms. The molecule has 0 aliphatic carbocycles. The second-order valence-corrected chi connectivity index (χ2v) is 6.96. The van der Waals surface area contributed by atoms with E-state index in [1.807, 2.05) is 75.3 Å². The van der Waals surface area contributed by atoms with E-state index >= 15 is 0 Å². The topological polar surface area (TPSA) is 56.1 Å². The minimum atomic E-state index is -0.416. The van der Waals surface area contributed by atoms with Gasteiger partial charge in [-0.15, -0.1) is 0 Å². The number of carbonyl (C=O) groups is 1. The average Bonchev–Trinajstić information content (AvgIpc) is 2.51. The predicted octanol–water partition coefficient (Wildman–Crippen LogP) is 4.68. The van der Waals surface area contributed by atoms with Gasteiger partial charge in [-0.25, -0.2) is 0 Å². The number of nitrogens with zero attached hydrogens (tertiary/aromatic N) is 2. The fourth-order valence-corrected chi connectivity index (χ4v) is 3.29. The predicted molar refractivity (Wildman–Crippen MR) is 107 cm³/mol. The van der Waals surface area contributed by atoms with Gasteiger partial charge in [0.2, 0.25) is 0 Å². The Morgan fingerprint density at radius 1 is 1.16 bits per heavy atom. The van der Waals surface area contributed by atoms with Gasteiger partial charge in [-0.3, -0.25) is 4.79 Å². The molecule has 0 aliphatic rings. The Balaban J connectivity index is 2.26. The summed E-state index contributed by atoms with van der Waals surface area (Å²) in [4.78, 5) is 14.4. The van der Waals surface area contributed by atoms with Crippen LogP contribution in [0.25, 0.3) is 6.08 Å². The summed E-state index contributed by atoms with van der Waals surface area (Å²) in [5.74, 6) is -0.416. The standard InChI is InChI=1S/C20H20BrN3O/c1-13-7-14(2)9-17(8-13)23-20(25)16(12-22)10-15-5-6-19(24(3)4)18(21)11-15/h5-11H,1-4H3,(H,23,25)/b16-10+. The normalized spacial score (nSPS) is 11.0. The molecular weight excluding hydrogens is 378 g/mol. The highest BCUT2D eigenvalue weighted by atomic mass is 79.9. The van der Waals surface area contributed by atoms with E-state index in [-0.39, 0.29) is 5.57 Å². The van der Waals surface area contributed by atoms with Crippen molar-refractivity contribution in [1.29, 1.82) is 5.26 Å². The van der Waals surface area contributed by atoms with Crippen LogP contribution in [-0.2, 0) is 4.79 Å². The number of rotatable bonds is 4. The van der Waals surface area contributed by atoms with E-state index in [4.69, 9.17) is 0 Å². The van der Waals surface area contributed by atoms with Crippen LogP contribution in [0.5, 0.6) is 0 Å². The Hall–Kier alpha value is -2.58. The van der Waals surface area contributed by atoms with Crippen LogP contribution in [0.1, 0.15) is 16.7 Å². The minimum Gasteiger partial charge on any atom is -0.377 e. The molecule has 0 saturated carbocycles. The molecule has 0 spiro atoms. The number of carbonyl (C=O) groups excluding carboxylic acids is 1. The maximum absolute atomic E-state index is 12.4. The van der Waals surface area contributed by atoms with Crippen LogP contribution in [0.4, 0.5) is 11.4 Å². The molecule has 0 fully saturated rings. The van der Waals surface area contributed by atoms with Gasteiger partial charge in [-0.1, -0.05) is 12.1 Å². The van der Waals surface area contributed by atoms with E-state index in [1.165, 1.54) is 0 Å². The van der Waals surface area contributed by atoms with Gasteiger partial charge in [0.1, 0.15) is 11.6 Å². The van der Waals surface area contributed by atoms with Crippen molar-refractivity contribution in [3.63, 3.8) is 0 Å². The lowest BCUT2D eigenvalue weighted by Crippen LogP contribution is -2.13. The van der Waals surface area contributed by atoms with E-state index in [9.17, 15) is 10.1 Å². The highest BCUT2D eigenvalue weighted by Gasteiger charge is 2.11. The van der Waals surface area contributed by atoms with Crippen LogP contribution in [0.3, 0.4) is 0 Å². The lowest BCUT2D eigenvalue weighted by Gasteiger charge is -2.14. The van der Waals surface area contributed by atoms with Crippen LogP contribution >= 0.6 is 15.9 Å². The van der Waals surface area contributed by atoms with Gasteiger partial charge in [0, 0.05) is 24.3 Å². The van der Waals surface area contributed by atoms with Crippen LogP contribution in [0, 0.1) is 25.2 Å². The molecule has 0 aliphatic heterocycles. The molecule has 128 valence electrons. The number of hydrogen-bond acceptors (Lipinski definition) is 3. The number of anilines is 2. The van der Waals surface area contributed by atoms with Gasteiger partial charge in [0.15, 0.2) is 0 Å². The van der Waals surface area contributed by atoms with Crippen molar-refractivity contribution in [2.24, 2.45) is 0 Å². The maximum Gasteiger partial charge on any atom is 0.266 e. The highest BCUT2D eigenvalue weighted by molar-refractivity contribution is 9.10. The summed E-state index contributed by atoms with van der Waals surface area (Å²) in [6, 6.07) is 13.5. The lowest BCUT2D eigenvalue weighted by atomic mass is 10.1. The largest absolute Gasteiger partial charge is 0.377 e. The molecule has 0 heterocycles. The molecule has 1 amide bonds. The van der Waals surface area contributed by atoms with Crippen molar-refractivity contribution in [3.05, 3.63) is 63.1 Å². The summed E-state index contributed by atoms with van der Waals surface area (Å²) in [5.41, 5.74) is 4.67. The number of nitriles is 1. The maximum atomic E-state index is 12.4. The Morgan fingerprint density at radius 3 is 2.32 bits per heavy atom. The minimum absolute atomic E-state index is 0.0589. The third-order valence-electron chi connectivity index (χ3n) is 3.61. The second-order valence-electron chi connectivity index (χ2n) is 6.11. The molecule has 25 heavy (non-hydrogen) atoms. The zero-order valence-electron chi connectivity index (χ0n) is 14.7. The molecule has 0 atom stereocenters. The molecule has 0 bridgehead atoms. The number of aryl methyl sites for hydroxylation is 2. The van der Waals surface area contributed by atoms with Crippen molar-refractivity contribution < 1.29 is 4.79 Å². The first-order chi connectivity index (χ1) is 11.8. The quantitative estimate of drug-likeness (QED) is 0.601. The summed E-state index contributed by atoms with van der Waals surface area (Å²) < 4.78 is 0.901. The van der Waals surface area contributed by atoms with Crippen LogP contribution in [-0.4, -0.2) is 20.0 Å². The van der Waals surface area contributed by atoms with Crippen molar-refractivity contribution in [3.8, 4) is 6.07 Å². The highest BCUT2D eigenvalue weighted by Crippen LogP contribution is 2.26. The summed E-state index contributed by atoms with van der Waals surface area (Å²) in [6.45, 7) is 3.93. The smallest absolute Gasteiger partial charge is 0.266 e. The van der Waals surface area contributed by atoms with Gasteiger partial charge in [0.25, 0.3) is 5.91 Å². The van der Waals surface area contributed by atoms with Gasteiger partial charge in [-0.05, 0) is 76.8 Å². The molecule has 2 rings (SSSR count). The zero-order chi connectivity index (χ0) is 18.6. The Kier molecular flexibility index (Phi) is 6.00. The third kappa shape index (κ3) is 4.94. The first-order valence-electron chi connectivity index (χ1n) is 7.78. The first kappa shape index (κ1) is 18.8. The molecule has 0 aromatic heterocycles. The molecule has 0 saturated heterocycles. The lowest BCUT2D eigenvalue weighted by molar-refractivity contribution is -0.112. The average molecular weight is 398 g/mol. The fourth-order valence-electron chi connectivity index (χ4n) is 2.54. The Labute approximate surface area is 156 Å². The van der Waals surface area contributed by atoms with Crippen molar-refractivity contribution >= 4 is 39.3 Å². The molecule has 0 unspecified atom stereocenters. The van der Waals surface area contributed by atoms with E-state index in [1.54, 1.807) is 6.08 Å². The van der Waals surface area contributed by atoms with E-state index in [2.05, 4.69) is 21.2 Å². The summed E-state index contributed by atoms with van der Waals surface area (Å²) in [7, 11) is 3.90. The summed E-state index contributed by atoms with van der Waals surface area (Å²) in [5, 5.41) is 12.1. The Bertz CT molecular complexity index is 859. The van der Waals surface area contributed by atoms with E-state index in [0.717, 1.165) is 26.9 Å². The van der Waals surface area contributed by atoms with Gasteiger partial charge < -0.3 is 10.2 Å². The summed E-state index contributed by atoms with van der Waals surface area (Å²) >= 11 is 3.51. The fraction of sp³-hybridized carbons (Fsp3) is 0.200. The molecule has 2 aromatic rings. The number of amides is 1. The molecule has 1 N–H and O–H groups in total. The van der Waals surface area contributed by atoms with E-state index in [0.29, 0.717) is 5.69 Å². The number of benzene rings is 2. The SMILES string of the molecule is Cc1cc(C)cc(NC(=O)/C(C#N)=C/c2ccc(N(C)C)c(Br)c2)c1. The number of nitrogens with one attached hydrogen (secondary N) is 1. The van der Waals surface area contributed by atoms with Crippen LogP contribution < -0.4 is 10.2 Å². The Morgan fingerprint density at radius 2 is 1.80 bits per heavy atom. The molecule has 4 nitrogen and oxygen atoms in total. The third-order valence-corrected chi connectivity index (χ3v) is 4.24. The number of halogens is 1. The molecule has 2 aromatic carbocycles. The van der Waals surface area contributed by atoms with Gasteiger partial charge in [0.05, 0.1) is 5.69 Å². The molecule has 0 radical (unpaired) electrons. The van der Waals surface area contributed by atoms with Crippen molar-refractivity contribution in [2.75, 3.05) is 24.3 Å². The first-order valence-corrected chi connectivity index (χ1v) is 8.58. The summed E-state index contributed by atoms with van der Waals surface area (Å²) in [6.07, 6.45) is 1.59. The van der Waals surface area contributed by atoms with Crippen LogP contribution in [0.2, 0.25) is 0 Å². The van der Waals surface area contributed by atoms with Crippen molar-refractivity contribution in [2.45, 2.75) is 13.8 Å². The van der Waals surface area contributed by atoms with Crippen LogP contribution in [0.15, 0.2) is 46.4 Å². The molecular formula is C20H20BrN3O. The van der Waals surface area contributed by atoms with Gasteiger partial charge in [-0.2, -0.15) is 5.26 Å². The van der Waals surface area contributed by atoms with Gasteiger partial charge >= 0.3 is 0 Å². The van der Waals surface area contributed by atoms with E-state index < -0.39 is 5.91 Å².